The quantitative estimate of drug-likeness (QED) is 0.879. The van der Waals surface area contributed by atoms with Gasteiger partial charge in [-0.2, -0.15) is 13.2 Å². The van der Waals surface area contributed by atoms with Crippen molar-refractivity contribution in [3.05, 3.63) is 29.3 Å². The number of rotatable bonds is 5. The Morgan fingerprint density at radius 3 is 2.56 bits per heavy atom. The van der Waals surface area contributed by atoms with Gasteiger partial charge in [0.1, 0.15) is 5.75 Å². The fourth-order valence-corrected chi connectivity index (χ4v) is 1.76. The van der Waals surface area contributed by atoms with Gasteiger partial charge in [0, 0.05) is 0 Å². The molecule has 5 heteroatoms. The third-order valence-corrected chi connectivity index (χ3v) is 3.01. The van der Waals surface area contributed by atoms with Crippen molar-refractivity contribution < 1.29 is 23.0 Å². The van der Waals surface area contributed by atoms with Crippen LogP contribution in [0.5, 0.6) is 5.75 Å². The van der Waals surface area contributed by atoms with Crippen LogP contribution >= 0.6 is 0 Å². The Labute approximate surface area is 103 Å². The van der Waals surface area contributed by atoms with Crippen LogP contribution < -0.4 is 4.74 Å². The summed E-state index contributed by atoms with van der Waals surface area (Å²) in [6.07, 6.45) is -1.35. The zero-order chi connectivity index (χ0) is 13.2. The summed E-state index contributed by atoms with van der Waals surface area (Å²) in [6, 6.07) is 3.66. The van der Waals surface area contributed by atoms with Gasteiger partial charge in [0.25, 0.3) is 0 Å². The molecule has 0 radical (unpaired) electrons. The fourth-order valence-electron chi connectivity index (χ4n) is 1.76. The van der Waals surface area contributed by atoms with E-state index < -0.39 is 18.3 Å². The minimum atomic E-state index is -4.46. The van der Waals surface area contributed by atoms with Gasteiger partial charge >= 0.3 is 6.18 Å². The van der Waals surface area contributed by atoms with Crippen molar-refractivity contribution in [2.45, 2.75) is 32.0 Å². The molecule has 1 fully saturated rings. The predicted octanol–water partition coefficient (Wildman–Crippen LogP) is 3.38. The molecular weight excluding hydrogens is 245 g/mol. The van der Waals surface area contributed by atoms with E-state index in [0.717, 1.165) is 25.3 Å². The van der Waals surface area contributed by atoms with Gasteiger partial charge in [-0.1, -0.05) is 18.9 Å². The molecule has 100 valence electrons. The average Bonchev–Trinajstić information content (AvgIpc) is 3.12. The largest absolute Gasteiger partial charge is 0.493 e. The van der Waals surface area contributed by atoms with E-state index in [1.54, 1.807) is 0 Å². The standard InChI is InChI=1S/C13H15F3O2/c14-13(15,16)11-7-10(8-17)3-4-12(11)18-6-5-9-1-2-9/h3-4,7,9,17H,1-2,5-6,8H2. The molecule has 1 aromatic rings. The van der Waals surface area contributed by atoms with Gasteiger partial charge in [0.15, 0.2) is 0 Å². The molecule has 0 amide bonds. The molecule has 0 unspecified atom stereocenters. The predicted molar refractivity (Wildman–Crippen MR) is 60.2 cm³/mol. The van der Waals surface area contributed by atoms with Crippen molar-refractivity contribution in [1.29, 1.82) is 0 Å². The SMILES string of the molecule is OCc1ccc(OCCC2CC2)c(C(F)(F)F)c1. The van der Waals surface area contributed by atoms with Crippen LogP contribution in [0.15, 0.2) is 18.2 Å². The molecular formula is C13H15F3O2. The van der Waals surface area contributed by atoms with Crippen molar-refractivity contribution in [1.82, 2.24) is 0 Å². The molecule has 0 spiro atoms. The number of hydrogen-bond acceptors (Lipinski definition) is 2. The van der Waals surface area contributed by atoms with Crippen molar-refractivity contribution in [3.63, 3.8) is 0 Å². The van der Waals surface area contributed by atoms with Crippen LogP contribution in [0.2, 0.25) is 0 Å². The Hall–Kier alpha value is -1.23. The molecule has 1 N–H and O–H groups in total. The molecule has 1 aromatic carbocycles. The second-order valence-electron chi connectivity index (χ2n) is 4.57. The van der Waals surface area contributed by atoms with E-state index in [2.05, 4.69) is 0 Å². The number of ether oxygens (including phenoxy) is 1. The molecule has 2 rings (SSSR count). The summed E-state index contributed by atoms with van der Waals surface area (Å²) in [4.78, 5) is 0. The number of benzene rings is 1. The van der Waals surface area contributed by atoms with Crippen molar-refractivity contribution in [2.75, 3.05) is 6.61 Å². The second kappa shape index (κ2) is 5.18. The van der Waals surface area contributed by atoms with Crippen molar-refractivity contribution in [3.8, 4) is 5.75 Å². The van der Waals surface area contributed by atoms with Gasteiger partial charge in [0.05, 0.1) is 18.8 Å². The van der Waals surface area contributed by atoms with Crippen LogP contribution in [0.25, 0.3) is 0 Å². The van der Waals surface area contributed by atoms with Crippen molar-refractivity contribution in [2.24, 2.45) is 5.92 Å². The van der Waals surface area contributed by atoms with E-state index in [0.29, 0.717) is 12.5 Å². The van der Waals surface area contributed by atoms with E-state index in [1.807, 2.05) is 0 Å². The average molecular weight is 260 g/mol. The van der Waals surface area contributed by atoms with Gasteiger partial charge in [-0.05, 0) is 30.0 Å². The molecule has 0 saturated heterocycles. The van der Waals surface area contributed by atoms with Gasteiger partial charge < -0.3 is 9.84 Å². The van der Waals surface area contributed by atoms with E-state index in [4.69, 9.17) is 9.84 Å². The van der Waals surface area contributed by atoms with E-state index in [9.17, 15) is 13.2 Å². The first-order valence-electron chi connectivity index (χ1n) is 5.94. The lowest BCUT2D eigenvalue weighted by atomic mass is 10.1. The summed E-state index contributed by atoms with van der Waals surface area (Å²) in [7, 11) is 0. The zero-order valence-corrected chi connectivity index (χ0v) is 9.83. The van der Waals surface area contributed by atoms with Crippen LogP contribution in [-0.4, -0.2) is 11.7 Å². The molecule has 0 atom stereocenters. The topological polar surface area (TPSA) is 29.5 Å². The molecule has 1 saturated carbocycles. The lowest BCUT2D eigenvalue weighted by molar-refractivity contribution is -0.139. The maximum Gasteiger partial charge on any atom is 0.419 e. The summed E-state index contributed by atoms with van der Waals surface area (Å²) in [5.41, 5.74) is -0.582. The van der Waals surface area contributed by atoms with Crippen LogP contribution in [0.4, 0.5) is 13.2 Å². The lowest BCUT2D eigenvalue weighted by Crippen LogP contribution is -2.10. The Morgan fingerprint density at radius 2 is 2.00 bits per heavy atom. The molecule has 2 nitrogen and oxygen atoms in total. The lowest BCUT2D eigenvalue weighted by Gasteiger charge is -2.14. The Morgan fingerprint density at radius 1 is 1.28 bits per heavy atom. The summed E-state index contributed by atoms with van der Waals surface area (Å²) in [5, 5.41) is 8.87. The normalized spacial score (nSPS) is 15.8. The second-order valence-corrected chi connectivity index (χ2v) is 4.57. The molecule has 0 heterocycles. The number of hydrogen-bond donors (Lipinski definition) is 1. The first kappa shape index (κ1) is 13.2. The van der Waals surface area contributed by atoms with Crippen molar-refractivity contribution >= 4 is 0 Å². The molecule has 18 heavy (non-hydrogen) atoms. The van der Waals surface area contributed by atoms with Crippen LogP contribution in [0, 0.1) is 5.92 Å². The first-order chi connectivity index (χ1) is 8.50. The summed E-state index contributed by atoms with van der Waals surface area (Å²) < 4.78 is 43.6. The summed E-state index contributed by atoms with van der Waals surface area (Å²) in [5.74, 6) is 0.469. The molecule has 0 bridgehead atoms. The first-order valence-corrected chi connectivity index (χ1v) is 5.94. The highest BCUT2D eigenvalue weighted by atomic mass is 19.4. The van der Waals surface area contributed by atoms with Crippen LogP contribution in [0.1, 0.15) is 30.4 Å². The Bertz CT molecular complexity index is 411. The third-order valence-electron chi connectivity index (χ3n) is 3.01. The van der Waals surface area contributed by atoms with Gasteiger partial charge in [-0.3, -0.25) is 0 Å². The van der Waals surface area contributed by atoms with Gasteiger partial charge in [-0.15, -0.1) is 0 Å². The fraction of sp³-hybridized carbons (Fsp3) is 0.538. The van der Waals surface area contributed by atoms with Gasteiger partial charge in [0.2, 0.25) is 0 Å². The van der Waals surface area contributed by atoms with Crippen LogP contribution in [0.3, 0.4) is 0 Å². The van der Waals surface area contributed by atoms with Crippen LogP contribution in [-0.2, 0) is 12.8 Å². The Balaban J connectivity index is 2.10. The monoisotopic (exact) mass is 260 g/mol. The van der Waals surface area contributed by atoms with E-state index >= 15 is 0 Å². The highest BCUT2D eigenvalue weighted by Crippen LogP contribution is 2.37. The minimum Gasteiger partial charge on any atom is -0.493 e. The maximum atomic E-state index is 12.8. The number of alkyl halides is 3. The van der Waals surface area contributed by atoms with E-state index in [-0.39, 0.29) is 11.3 Å². The highest BCUT2D eigenvalue weighted by molar-refractivity contribution is 5.39. The highest BCUT2D eigenvalue weighted by Gasteiger charge is 2.34. The zero-order valence-electron chi connectivity index (χ0n) is 9.83. The van der Waals surface area contributed by atoms with E-state index in [1.165, 1.54) is 12.1 Å². The smallest absolute Gasteiger partial charge is 0.419 e. The third kappa shape index (κ3) is 3.38. The number of aliphatic hydroxyl groups is 1. The number of halogens is 3. The molecule has 0 aromatic heterocycles. The minimum absolute atomic E-state index is 0.152. The molecule has 1 aliphatic carbocycles. The molecule has 0 aliphatic heterocycles. The van der Waals surface area contributed by atoms with Gasteiger partial charge in [-0.25, -0.2) is 0 Å². The number of aliphatic hydroxyl groups excluding tert-OH is 1. The maximum absolute atomic E-state index is 12.8. The summed E-state index contributed by atoms with van der Waals surface area (Å²) >= 11 is 0. The molecule has 1 aliphatic rings. The Kier molecular flexibility index (Phi) is 3.80. The summed E-state index contributed by atoms with van der Waals surface area (Å²) in [6.45, 7) is -0.0996.